The van der Waals surface area contributed by atoms with Crippen molar-refractivity contribution >= 4 is 44.4 Å². The Balaban J connectivity index is 0.937. The molecule has 13 nitrogen and oxygen atoms in total. The lowest BCUT2D eigenvalue weighted by molar-refractivity contribution is -0.247. The molecule has 0 saturated heterocycles. The van der Waals surface area contributed by atoms with Crippen LogP contribution < -0.4 is 15.5 Å². The summed E-state index contributed by atoms with van der Waals surface area (Å²) in [7, 11) is 0. The number of nitrogens with zero attached hydrogens (tertiary/aromatic N) is 5. The van der Waals surface area contributed by atoms with E-state index in [-0.39, 0.29) is 52.7 Å². The topological polar surface area (TPSA) is 175 Å². The highest BCUT2D eigenvalue weighted by Crippen LogP contribution is 2.72. The average Bonchev–Trinajstić information content (AvgIpc) is 3.77. The van der Waals surface area contributed by atoms with Crippen molar-refractivity contribution in [1.82, 2.24) is 25.1 Å². The van der Waals surface area contributed by atoms with Crippen LogP contribution in [0.4, 0.5) is 10.9 Å². The molecule has 4 fully saturated rings. The SMILES string of the molecule is Cc1c(-c2ccc(N3CCc4cccc(C(=O)Nc5nc6ccccc6s5)c4C3)nc2C(=O)O)cnn1CC12CC3(C)CC(C)(C1)CC(OCCNC(CO)CO)(C3)C2. The molecule has 5 aliphatic rings. The van der Waals surface area contributed by atoms with Gasteiger partial charge in [-0.05, 0) is 110 Å². The molecule has 2 aromatic carbocycles. The molecular weight excluding hydrogens is 767 g/mol. The number of benzene rings is 2. The summed E-state index contributed by atoms with van der Waals surface area (Å²) < 4.78 is 9.87. The van der Waals surface area contributed by atoms with Crippen LogP contribution >= 0.6 is 11.3 Å². The Morgan fingerprint density at radius 2 is 1.71 bits per heavy atom. The minimum atomic E-state index is -1.11. The zero-order valence-corrected chi connectivity index (χ0v) is 34.8. The number of carboxylic acids is 1. The number of anilines is 2. The molecule has 5 aromatic rings. The Morgan fingerprint density at radius 3 is 2.46 bits per heavy atom. The van der Waals surface area contributed by atoms with Crippen LogP contribution in [0.3, 0.4) is 0 Å². The van der Waals surface area contributed by atoms with Crippen LogP contribution in [-0.4, -0.2) is 91.5 Å². The number of pyridine rings is 1. The molecule has 0 radical (unpaired) electrons. The van der Waals surface area contributed by atoms with E-state index in [0.717, 1.165) is 71.2 Å². The fourth-order valence-electron chi connectivity index (χ4n) is 12.1. The second-order valence-corrected chi connectivity index (χ2v) is 19.5. The number of hydrogen-bond acceptors (Lipinski definition) is 11. The zero-order chi connectivity index (χ0) is 41.2. The molecule has 1 amide bonds. The minimum absolute atomic E-state index is 0.0229. The van der Waals surface area contributed by atoms with Gasteiger partial charge in [0, 0.05) is 48.6 Å². The number of para-hydroxylation sites is 1. The van der Waals surface area contributed by atoms with Gasteiger partial charge in [0.25, 0.3) is 5.91 Å². The highest BCUT2D eigenvalue weighted by atomic mass is 32.1. The molecule has 1 aliphatic heterocycles. The van der Waals surface area contributed by atoms with E-state index in [1.165, 1.54) is 17.8 Å². The van der Waals surface area contributed by atoms with Gasteiger partial charge < -0.3 is 30.3 Å². The number of ether oxygens (including phenoxy) is 1. The van der Waals surface area contributed by atoms with E-state index in [0.29, 0.717) is 54.7 Å². The summed E-state index contributed by atoms with van der Waals surface area (Å²) in [6, 6.07) is 16.9. The largest absolute Gasteiger partial charge is 0.476 e. The molecule has 59 heavy (non-hydrogen) atoms. The van der Waals surface area contributed by atoms with Crippen LogP contribution in [0.2, 0.25) is 0 Å². The standard InChI is InChI=1S/C45H53N7O6S/c1-28-33(17-47-52(28)27-44-22-42(2)21-43(3,23-44)25-45(24-42,26-44)58-16-14-46-30(19-53)20-54)31-11-12-37(49-38(31)40(56)57)51-15-13-29-7-6-8-32(34(29)18-51)39(55)50-41-48-35-9-4-5-10-36(35)59-41/h4-12,17,30,46,53-54H,13-16,18-27H2,1-3H3,(H,56,57)(H,48,50,55). The second kappa shape index (κ2) is 15.1. The smallest absolute Gasteiger partial charge is 0.355 e. The molecule has 4 heterocycles. The molecule has 4 bridgehead atoms. The fourth-order valence-corrected chi connectivity index (χ4v) is 13.0. The second-order valence-electron chi connectivity index (χ2n) is 18.5. The van der Waals surface area contributed by atoms with Crippen molar-refractivity contribution in [3.05, 3.63) is 88.9 Å². The number of aromatic nitrogens is 4. The first-order valence-electron chi connectivity index (χ1n) is 20.7. The van der Waals surface area contributed by atoms with Gasteiger partial charge in [0.15, 0.2) is 10.8 Å². The quantitative estimate of drug-likeness (QED) is 0.0779. The van der Waals surface area contributed by atoms with Crippen LogP contribution in [0.25, 0.3) is 21.3 Å². The normalized spacial score (nSPS) is 25.8. The third-order valence-electron chi connectivity index (χ3n) is 13.4. The number of carbonyl (C=O) groups excluding carboxylic acids is 1. The Bertz CT molecular complexity index is 2370. The fraction of sp³-hybridized carbons (Fsp3) is 0.489. The molecule has 10 rings (SSSR count). The highest BCUT2D eigenvalue weighted by Gasteiger charge is 2.66. The summed E-state index contributed by atoms with van der Waals surface area (Å²) >= 11 is 1.44. The van der Waals surface area contributed by atoms with Gasteiger partial charge in [-0.15, -0.1) is 0 Å². The Labute approximate surface area is 347 Å². The monoisotopic (exact) mass is 819 g/mol. The van der Waals surface area contributed by atoms with Gasteiger partial charge in [0.2, 0.25) is 0 Å². The first-order valence-corrected chi connectivity index (χ1v) is 21.5. The molecule has 2 unspecified atom stereocenters. The van der Waals surface area contributed by atoms with Gasteiger partial charge in [-0.25, -0.2) is 14.8 Å². The Morgan fingerprint density at radius 1 is 0.932 bits per heavy atom. The highest BCUT2D eigenvalue weighted by molar-refractivity contribution is 7.22. The summed E-state index contributed by atoms with van der Waals surface area (Å²) in [5.41, 5.74) is 5.56. The number of carbonyl (C=O) groups is 2. The zero-order valence-electron chi connectivity index (χ0n) is 34.0. The number of carboxylic acid groups (broad SMARTS) is 1. The maximum atomic E-state index is 13.6. The van der Waals surface area contributed by atoms with Crippen LogP contribution in [0.1, 0.15) is 90.0 Å². The number of hydrogen-bond donors (Lipinski definition) is 5. The van der Waals surface area contributed by atoms with Crippen molar-refractivity contribution in [2.45, 2.75) is 90.4 Å². The van der Waals surface area contributed by atoms with Gasteiger partial charge in [0.05, 0.1) is 47.9 Å². The first kappa shape index (κ1) is 39.7. The number of aliphatic hydroxyl groups excluding tert-OH is 2. The van der Waals surface area contributed by atoms with Crippen molar-refractivity contribution in [2.24, 2.45) is 16.2 Å². The van der Waals surface area contributed by atoms with Crippen LogP contribution in [0, 0.1) is 23.2 Å². The molecule has 4 saturated carbocycles. The van der Waals surface area contributed by atoms with Crippen molar-refractivity contribution in [3.63, 3.8) is 0 Å². The van der Waals surface area contributed by atoms with Crippen molar-refractivity contribution < 1.29 is 29.6 Å². The number of rotatable bonds is 14. The molecule has 0 spiro atoms. The number of aromatic carboxylic acids is 1. The van der Waals surface area contributed by atoms with E-state index >= 15 is 0 Å². The first-order chi connectivity index (χ1) is 28.3. The van der Waals surface area contributed by atoms with E-state index < -0.39 is 5.97 Å². The third-order valence-corrected chi connectivity index (χ3v) is 14.3. The van der Waals surface area contributed by atoms with Crippen molar-refractivity contribution in [2.75, 3.05) is 43.1 Å². The summed E-state index contributed by atoms with van der Waals surface area (Å²) in [6.07, 6.45) is 8.80. The number of fused-ring (bicyclic) bond motifs is 2. The lowest BCUT2D eigenvalue weighted by atomic mass is 9.39. The predicted molar refractivity (Wildman–Crippen MR) is 227 cm³/mol. The van der Waals surface area contributed by atoms with Gasteiger partial charge in [-0.2, -0.15) is 5.10 Å². The lowest BCUT2D eigenvalue weighted by Gasteiger charge is -2.69. The molecular formula is C45H53N7O6S. The van der Waals surface area contributed by atoms with E-state index in [1.54, 1.807) is 6.20 Å². The number of thiazole rings is 1. The van der Waals surface area contributed by atoms with E-state index in [9.17, 15) is 24.9 Å². The number of nitrogens with one attached hydrogen (secondary N) is 2. The maximum Gasteiger partial charge on any atom is 0.355 e. The van der Waals surface area contributed by atoms with E-state index in [1.807, 2.05) is 66.4 Å². The van der Waals surface area contributed by atoms with Crippen LogP contribution in [-0.2, 0) is 24.2 Å². The molecule has 4 aliphatic carbocycles. The van der Waals surface area contributed by atoms with Gasteiger partial charge >= 0.3 is 5.97 Å². The van der Waals surface area contributed by atoms with Crippen molar-refractivity contribution in [3.8, 4) is 11.1 Å². The Kier molecular flexibility index (Phi) is 10.1. The third kappa shape index (κ3) is 7.54. The Hall–Kier alpha value is -4.73. The molecule has 310 valence electrons. The number of amides is 1. The summed E-state index contributed by atoms with van der Waals surface area (Å²) in [5.74, 6) is -0.795. The maximum absolute atomic E-state index is 13.6. The van der Waals surface area contributed by atoms with Gasteiger partial charge in [-0.3, -0.25) is 14.8 Å². The molecule has 3 aromatic heterocycles. The van der Waals surface area contributed by atoms with Gasteiger partial charge in [0.1, 0.15) is 5.82 Å². The minimum Gasteiger partial charge on any atom is -0.476 e. The van der Waals surface area contributed by atoms with Gasteiger partial charge in [-0.1, -0.05) is 49.4 Å². The lowest BCUT2D eigenvalue weighted by Crippen LogP contribution is -2.64. The van der Waals surface area contributed by atoms with Crippen molar-refractivity contribution in [1.29, 1.82) is 0 Å². The summed E-state index contributed by atoms with van der Waals surface area (Å²) in [6.45, 7) is 9.43. The summed E-state index contributed by atoms with van der Waals surface area (Å²) in [5, 5.41) is 41.2. The molecule has 14 heteroatoms. The van der Waals surface area contributed by atoms with E-state index in [2.05, 4.69) is 34.1 Å². The molecule has 2 atom stereocenters. The predicted octanol–water partition coefficient (Wildman–Crippen LogP) is 6.46. The average molecular weight is 820 g/mol. The van der Waals surface area contributed by atoms with Crippen LogP contribution in [0.5, 0.6) is 0 Å². The summed E-state index contributed by atoms with van der Waals surface area (Å²) in [4.78, 5) is 37.9. The van der Waals surface area contributed by atoms with E-state index in [4.69, 9.17) is 14.8 Å². The number of aliphatic hydroxyl groups is 2. The molecule has 5 N–H and O–H groups in total. The van der Waals surface area contributed by atoms with Crippen LogP contribution in [0.15, 0.2) is 60.8 Å².